The van der Waals surface area contributed by atoms with Gasteiger partial charge in [0.15, 0.2) is 24.1 Å². The van der Waals surface area contributed by atoms with E-state index < -0.39 is 0 Å². The van der Waals surface area contributed by atoms with Crippen molar-refractivity contribution in [3.05, 3.63) is 83.8 Å². The fourth-order valence-corrected chi connectivity index (χ4v) is 3.74. The molecule has 0 N–H and O–H groups in total. The molecule has 0 unspecified atom stereocenters. The highest BCUT2D eigenvalue weighted by atomic mass is 16.7. The van der Waals surface area contributed by atoms with E-state index >= 15 is 0 Å². The molecule has 0 atom stereocenters. The van der Waals surface area contributed by atoms with E-state index in [1.165, 1.54) is 12.7 Å². The minimum absolute atomic E-state index is 0.0340. The first-order chi connectivity index (χ1) is 17.2. The fraction of sp³-hybridized carbons (Fsp3) is 0.286. The maximum absolute atomic E-state index is 12.8. The summed E-state index contributed by atoms with van der Waals surface area (Å²) in [5.74, 6) is 2.21. The van der Waals surface area contributed by atoms with Crippen molar-refractivity contribution in [1.82, 2.24) is 4.98 Å². The normalized spacial score (nSPS) is 12.8. The Morgan fingerprint density at radius 3 is 2.74 bits per heavy atom. The molecule has 4 rings (SSSR count). The summed E-state index contributed by atoms with van der Waals surface area (Å²) in [4.78, 5) is 17.4. The van der Waals surface area contributed by atoms with E-state index in [1.807, 2.05) is 30.3 Å². The van der Waals surface area contributed by atoms with Crippen molar-refractivity contribution < 1.29 is 28.2 Å². The number of Topliss-reactive ketones (excluding diaryl/α,β-unsaturated/α-hetero) is 1. The van der Waals surface area contributed by atoms with Crippen molar-refractivity contribution in [2.75, 3.05) is 27.6 Å². The van der Waals surface area contributed by atoms with Crippen LogP contribution in [0.15, 0.2) is 76.9 Å². The third-order valence-electron chi connectivity index (χ3n) is 5.60. The molecule has 0 bridgehead atoms. The molecule has 7 nitrogen and oxygen atoms in total. The van der Waals surface area contributed by atoms with Gasteiger partial charge in [-0.1, -0.05) is 30.4 Å². The second-order valence-electron chi connectivity index (χ2n) is 8.06. The smallest absolute Gasteiger partial charge is 0.226 e. The molecule has 0 spiro atoms. The van der Waals surface area contributed by atoms with Gasteiger partial charge in [-0.15, -0.1) is 0 Å². The number of carbonyl (C=O) groups excluding carboxylic acids is 1. The Morgan fingerprint density at radius 2 is 1.94 bits per heavy atom. The minimum atomic E-state index is -0.0340. The first-order valence-corrected chi connectivity index (χ1v) is 11.5. The maximum Gasteiger partial charge on any atom is 0.226 e. The van der Waals surface area contributed by atoms with Gasteiger partial charge in [0, 0.05) is 25.5 Å². The molecule has 1 aliphatic carbocycles. The fourth-order valence-electron chi connectivity index (χ4n) is 3.74. The van der Waals surface area contributed by atoms with Gasteiger partial charge in [-0.05, 0) is 48.7 Å². The molecule has 0 saturated heterocycles. The quantitative estimate of drug-likeness (QED) is 0.242. The van der Waals surface area contributed by atoms with Crippen LogP contribution in [0.1, 0.15) is 35.3 Å². The van der Waals surface area contributed by atoms with Crippen molar-refractivity contribution in [2.45, 2.75) is 25.7 Å². The Bertz CT molecular complexity index is 1210. The number of para-hydroxylation sites is 1. The summed E-state index contributed by atoms with van der Waals surface area (Å²) in [5, 5.41) is 0. The van der Waals surface area contributed by atoms with Crippen LogP contribution in [0, 0.1) is 0 Å². The van der Waals surface area contributed by atoms with E-state index in [0.29, 0.717) is 47.4 Å². The zero-order valence-corrected chi connectivity index (χ0v) is 20.0. The maximum atomic E-state index is 12.8. The number of nitrogens with zero attached hydrogens (tertiary/aromatic N) is 1. The number of aromatic nitrogens is 1. The van der Waals surface area contributed by atoms with Crippen molar-refractivity contribution in [1.29, 1.82) is 0 Å². The number of oxazole rings is 1. The lowest BCUT2D eigenvalue weighted by molar-refractivity contribution is 0.0502. The molecule has 2 aromatic carbocycles. The lowest BCUT2D eigenvalue weighted by atomic mass is 10.0. The second kappa shape index (κ2) is 12.0. The molecular weight excluding hydrogens is 446 g/mol. The number of benzene rings is 2. The molecule has 0 fully saturated rings. The lowest BCUT2D eigenvalue weighted by Gasteiger charge is -2.14. The first kappa shape index (κ1) is 24.3. The van der Waals surface area contributed by atoms with Crippen molar-refractivity contribution in [3.63, 3.8) is 0 Å². The number of ether oxygens (including phenoxy) is 4. The number of carbonyl (C=O) groups is 1. The van der Waals surface area contributed by atoms with Gasteiger partial charge in [0.25, 0.3) is 0 Å². The van der Waals surface area contributed by atoms with Gasteiger partial charge in [0.2, 0.25) is 5.89 Å². The predicted molar refractivity (Wildman–Crippen MR) is 132 cm³/mol. The molecule has 182 valence electrons. The van der Waals surface area contributed by atoms with Gasteiger partial charge < -0.3 is 23.4 Å². The van der Waals surface area contributed by atoms with E-state index in [4.69, 9.17) is 23.4 Å². The van der Waals surface area contributed by atoms with Crippen LogP contribution >= 0.6 is 0 Å². The van der Waals surface area contributed by atoms with E-state index in [2.05, 4.69) is 23.2 Å². The predicted octanol–water partition coefficient (Wildman–Crippen LogP) is 5.80. The average molecular weight is 476 g/mol. The highest BCUT2D eigenvalue weighted by Crippen LogP contribution is 2.33. The van der Waals surface area contributed by atoms with Crippen LogP contribution in [0.25, 0.3) is 11.5 Å². The topological polar surface area (TPSA) is 80.0 Å². The van der Waals surface area contributed by atoms with E-state index in [-0.39, 0.29) is 19.0 Å². The second-order valence-corrected chi connectivity index (χ2v) is 8.06. The molecule has 3 aromatic rings. The summed E-state index contributed by atoms with van der Waals surface area (Å²) in [6, 6.07) is 12.7. The number of ketones is 1. The number of allylic oxidation sites excluding steroid dienone is 3. The number of aryl methyl sites for hydroxylation is 1. The van der Waals surface area contributed by atoms with Crippen LogP contribution in [-0.4, -0.2) is 38.4 Å². The Labute approximate surface area is 205 Å². The third-order valence-corrected chi connectivity index (χ3v) is 5.60. The monoisotopic (exact) mass is 475 g/mol. The minimum Gasteiger partial charge on any atom is -0.493 e. The summed E-state index contributed by atoms with van der Waals surface area (Å²) in [6.07, 6.45) is 10.6. The van der Waals surface area contributed by atoms with Gasteiger partial charge in [0.1, 0.15) is 18.6 Å². The zero-order valence-electron chi connectivity index (χ0n) is 20.0. The molecular formula is C28H29NO6. The van der Waals surface area contributed by atoms with Crippen LogP contribution in [0.3, 0.4) is 0 Å². The Kier molecular flexibility index (Phi) is 8.35. The van der Waals surface area contributed by atoms with Crippen LogP contribution in [-0.2, 0) is 11.2 Å². The summed E-state index contributed by atoms with van der Waals surface area (Å²) in [5.41, 5.74) is 3.22. The molecule has 0 amide bonds. The summed E-state index contributed by atoms with van der Waals surface area (Å²) in [6.45, 7) is 0.581. The molecule has 0 aliphatic heterocycles. The first-order valence-electron chi connectivity index (χ1n) is 11.5. The van der Waals surface area contributed by atoms with Crippen molar-refractivity contribution in [3.8, 4) is 28.7 Å². The lowest BCUT2D eigenvalue weighted by Crippen LogP contribution is -2.07. The van der Waals surface area contributed by atoms with E-state index in [9.17, 15) is 4.79 Å². The molecule has 1 aliphatic rings. The zero-order chi connectivity index (χ0) is 24.5. The highest BCUT2D eigenvalue weighted by molar-refractivity contribution is 5.98. The van der Waals surface area contributed by atoms with E-state index in [1.54, 1.807) is 25.5 Å². The SMILES string of the molecule is COCOc1ccccc1C(=O)CCc1coc(-c2ccc(OC)c(OCC3=CC=CCC3)c2)n1. The van der Waals surface area contributed by atoms with Gasteiger partial charge in [-0.3, -0.25) is 4.79 Å². The summed E-state index contributed by atoms with van der Waals surface area (Å²) < 4.78 is 27.7. The van der Waals surface area contributed by atoms with Crippen molar-refractivity contribution in [2.24, 2.45) is 0 Å². The van der Waals surface area contributed by atoms with Gasteiger partial charge in [-0.25, -0.2) is 4.98 Å². The highest BCUT2D eigenvalue weighted by Gasteiger charge is 2.16. The molecule has 1 heterocycles. The number of rotatable bonds is 12. The molecule has 0 saturated carbocycles. The van der Waals surface area contributed by atoms with Crippen LogP contribution < -0.4 is 14.2 Å². The molecule has 0 radical (unpaired) electrons. The Hall–Kier alpha value is -3.84. The van der Waals surface area contributed by atoms with Gasteiger partial charge in [0.05, 0.1) is 18.4 Å². The molecule has 1 aromatic heterocycles. The summed E-state index contributed by atoms with van der Waals surface area (Å²) in [7, 11) is 3.15. The van der Waals surface area contributed by atoms with E-state index in [0.717, 1.165) is 18.4 Å². The summed E-state index contributed by atoms with van der Waals surface area (Å²) >= 11 is 0. The van der Waals surface area contributed by atoms with Crippen LogP contribution in [0.2, 0.25) is 0 Å². The van der Waals surface area contributed by atoms with Gasteiger partial charge >= 0.3 is 0 Å². The van der Waals surface area contributed by atoms with Crippen molar-refractivity contribution >= 4 is 5.78 Å². The van der Waals surface area contributed by atoms with Gasteiger partial charge in [-0.2, -0.15) is 0 Å². The number of hydrogen-bond donors (Lipinski definition) is 0. The number of hydrogen-bond acceptors (Lipinski definition) is 7. The average Bonchev–Trinajstić information content (AvgIpc) is 3.39. The third kappa shape index (κ3) is 6.39. The number of methoxy groups -OCH3 is 2. The Morgan fingerprint density at radius 1 is 1.06 bits per heavy atom. The van der Waals surface area contributed by atoms with Crippen LogP contribution in [0.5, 0.6) is 17.2 Å². The Balaban J connectivity index is 1.41. The largest absolute Gasteiger partial charge is 0.493 e. The standard InChI is InChI=1S/C28H29NO6/c1-31-19-35-25-11-7-6-10-23(25)24(30)14-13-22-18-34-28(29-22)21-12-15-26(32-2)27(16-21)33-17-20-8-4-3-5-9-20/h3-4,6-8,10-12,15-16,18H,5,9,13-14,17,19H2,1-2H3. The molecule has 35 heavy (non-hydrogen) atoms. The van der Waals surface area contributed by atoms with Crippen LogP contribution in [0.4, 0.5) is 0 Å². The molecule has 7 heteroatoms.